The Morgan fingerprint density at radius 1 is 1.17 bits per heavy atom. The number of rotatable bonds is 2. The molecule has 0 aliphatic heterocycles. The van der Waals surface area contributed by atoms with Crippen LogP contribution in [-0.2, 0) is 6.42 Å². The molecular weight excluding hydrogens is 348 g/mol. The van der Waals surface area contributed by atoms with Crippen LogP contribution in [0.2, 0.25) is 0 Å². The highest BCUT2D eigenvalue weighted by Gasteiger charge is 2.02. The van der Waals surface area contributed by atoms with E-state index in [1.54, 1.807) is 0 Å². The van der Waals surface area contributed by atoms with Gasteiger partial charge in [0.05, 0.1) is 0 Å². The first-order valence-corrected chi connectivity index (χ1v) is 5.77. The summed E-state index contributed by atoms with van der Waals surface area (Å²) in [7, 11) is 0. The Bertz CT molecular complexity index is 282. The van der Waals surface area contributed by atoms with Gasteiger partial charge in [-0.2, -0.15) is 0 Å². The summed E-state index contributed by atoms with van der Waals surface area (Å²) in [6.07, 6.45) is 2.78. The SMILES string of the molecule is C=CCc1cc(Br)c(Br)c(Br)c1. The van der Waals surface area contributed by atoms with E-state index in [1.807, 2.05) is 6.08 Å². The van der Waals surface area contributed by atoms with Gasteiger partial charge in [-0.05, 0) is 71.9 Å². The van der Waals surface area contributed by atoms with Crippen molar-refractivity contribution in [2.45, 2.75) is 6.42 Å². The predicted molar refractivity (Wildman–Crippen MR) is 63.4 cm³/mol. The molecule has 0 bridgehead atoms. The van der Waals surface area contributed by atoms with Gasteiger partial charge in [-0.25, -0.2) is 0 Å². The molecule has 0 heterocycles. The fraction of sp³-hybridized carbons (Fsp3) is 0.111. The summed E-state index contributed by atoms with van der Waals surface area (Å²) < 4.78 is 3.18. The summed E-state index contributed by atoms with van der Waals surface area (Å²) in [5, 5.41) is 0. The number of hydrogen-bond donors (Lipinski definition) is 0. The topological polar surface area (TPSA) is 0 Å². The van der Waals surface area contributed by atoms with Gasteiger partial charge >= 0.3 is 0 Å². The zero-order chi connectivity index (χ0) is 9.14. The minimum atomic E-state index is 0.893. The second-order valence-corrected chi connectivity index (χ2v) is 4.87. The lowest BCUT2D eigenvalue weighted by Crippen LogP contribution is -1.82. The molecule has 0 N–H and O–H groups in total. The molecule has 0 saturated heterocycles. The molecule has 0 amide bonds. The van der Waals surface area contributed by atoms with Crippen molar-refractivity contribution in [3.8, 4) is 0 Å². The van der Waals surface area contributed by atoms with Crippen molar-refractivity contribution in [2.24, 2.45) is 0 Å². The molecule has 0 fully saturated rings. The van der Waals surface area contributed by atoms with Crippen LogP contribution in [0.1, 0.15) is 5.56 Å². The fourth-order valence-electron chi connectivity index (χ4n) is 0.893. The summed E-state index contributed by atoms with van der Waals surface area (Å²) in [5.74, 6) is 0. The summed E-state index contributed by atoms with van der Waals surface area (Å²) in [5.41, 5.74) is 1.24. The minimum absolute atomic E-state index is 0.893. The summed E-state index contributed by atoms with van der Waals surface area (Å²) in [4.78, 5) is 0. The number of hydrogen-bond acceptors (Lipinski definition) is 0. The zero-order valence-corrected chi connectivity index (χ0v) is 11.0. The molecule has 0 aromatic heterocycles. The molecule has 0 atom stereocenters. The van der Waals surface area contributed by atoms with E-state index in [1.165, 1.54) is 5.56 Å². The highest BCUT2D eigenvalue weighted by molar-refractivity contribution is 9.14. The molecule has 64 valence electrons. The first kappa shape index (κ1) is 10.5. The number of benzene rings is 1. The Morgan fingerprint density at radius 3 is 2.08 bits per heavy atom. The average molecular weight is 355 g/mol. The second-order valence-electron chi connectivity index (χ2n) is 2.37. The molecule has 0 aliphatic rings. The van der Waals surface area contributed by atoms with Crippen molar-refractivity contribution >= 4 is 47.8 Å². The third-order valence-corrected chi connectivity index (χ3v) is 4.59. The zero-order valence-electron chi connectivity index (χ0n) is 6.28. The molecule has 1 rings (SSSR count). The molecule has 1 aromatic carbocycles. The summed E-state index contributed by atoms with van der Waals surface area (Å²) >= 11 is 10.4. The van der Waals surface area contributed by atoms with Gasteiger partial charge in [0.25, 0.3) is 0 Å². The van der Waals surface area contributed by atoms with Crippen LogP contribution in [0.4, 0.5) is 0 Å². The quantitative estimate of drug-likeness (QED) is 0.533. The lowest BCUT2D eigenvalue weighted by Gasteiger charge is -2.03. The number of allylic oxidation sites excluding steroid dienone is 1. The molecule has 0 aliphatic carbocycles. The molecular formula is C9H7Br3. The first-order chi connectivity index (χ1) is 5.65. The maximum Gasteiger partial charge on any atom is 0.0459 e. The van der Waals surface area contributed by atoms with Gasteiger partial charge < -0.3 is 0 Å². The van der Waals surface area contributed by atoms with Gasteiger partial charge in [-0.1, -0.05) is 6.08 Å². The lowest BCUT2D eigenvalue weighted by molar-refractivity contribution is 1.25. The highest BCUT2D eigenvalue weighted by Crippen LogP contribution is 2.32. The minimum Gasteiger partial charge on any atom is -0.103 e. The van der Waals surface area contributed by atoms with Gasteiger partial charge in [0.15, 0.2) is 0 Å². The Kier molecular flexibility index (Phi) is 4.00. The van der Waals surface area contributed by atoms with E-state index < -0.39 is 0 Å². The Balaban J connectivity index is 3.11. The normalized spacial score (nSPS) is 9.92. The molecule has 0 nitrogen and oxygen atoms in total. The molecule has 1 aromatic rings. The predicted octanol–water partition coefficient (Wildman–Crippen LogP) is 4.70. The Morgan fingerprint density at radius 2 is 1.67 bits per heavy atom. The largest absolute Gasteiger partial charge is 0.103 e. The molecule has 0 unspecified atom stereocenters. The second kappa shape index (κ2) is 4.58. The van der Waals surface area contributed by atoms with Crippen LogP contribution in [0.25, 0.3) is 0 Å². The molecule has 0 spiro atoms. The van der Waals surface area contributed by atoms with Crippen LogP contribution >= 0.6 is 47.8 Å². The van der Waals surface area contributed by atoms with E-state index in [9.17, 15) is 0 Å². The van der Waals surface area contributed by atoms with E-state index >= 15 is 0 Å². The van der Waals surface area contributed by atoms with Gasteiger partial charge in [0.1, 0.15) is 0 Å². The van der Waals surface area contributed by atoms with Crippen molar-refractivity contribution in [3.05, 3.63) is 43.8 Å². The monoisotopic (exact) mass is 352 g/mol. The molecule has 0 saturated carbocycles. The molecule has 3 heteroatoms. The van der Waals surface area contributed by atoms with E-state index in [4.69, 9.17) is 0 Å². The van der Waals surface area contributed by atoms with E-state index in [0.29, 0.717) is 0 Å². The number of halogens is 3. The van der Waals surface area contributed by atoms with Crippen LogP contribution in [-0.4, -0.2) is 0 Å². The van der Waals surface area contributed by atoms with Gasteiger partial charge in [0, 0.05) is 13.4 Å². The van der Waals surface area contributed by atoms with Gasteiger partial charge in [0.2, 0.25) is 0 Å². The third kappa shape index (κ3) is 2.44. The lowest BCUT2D eigenvalue weighted by atomic mass is 10.2. The average Bonchev–Trinajstić information content (AvgIpc) is 2.01. The molecule has 0 radical (unpaired) electrons. The smallest absolute Gasteiger partial charge is 0.0459 e. The standard InChI is InChI=1S/C9H7Br3/c1-2-3-6-4-7(10)9(12)8(11)5-6/h2,4-5H,1,3H2. The molecule has 12 heavy (non-hydrogen) atoms. The third-order valence-electron chi connectivity index (χ3n) is 1.42. The summed E-state index contributed by atoms with van der Waals surface area (Å²) in [6, 6.07) is 4.16. The first-order valence-electron chi connectivity index (χ1n) is 3.39. The van der Waals surface area contributed by atoms with Crippen LogP contribution in [0, 0.1) is 0 Å². The van der Waals surface area contributed by atoms with Crippen LogP contribution in [0.5, 0.6) is 0 Å². The van der Waals surface area contributed by atoms with Crippen molar-refractivity contribution in [2.75, 3.05) is 0 Å². The van der Waals surface area contributed by atoms with Crippen molar-refractivity contribution in [1.29, 1.82) is 0 Å². The fourth-order valence-corrected chi connectivity index (χ4v) is 2.40. The van der Waals surface area contributed by atoms with Crippen molar-refractivity contribution in [1.82, 2.24) is 0 Å². The van der Waals surface area contributed by atoms with Crippen molar-refractivity contribution in [3.63, 3.8) is 0 Å². The highest BCUT2D eigenvalue weighted by atomic mass is 79.9. The Hall–Kier alpha value is 0.400. The maximum absolute atomic E-state index is 3.70. The van der Waals surface area contributed by atoms with Crippen LogP contribution in [0.15, 0.2) is 38.2 Å². The van der Waals surface area contributed by atoms with E-state index in [2.05, 4.69) is 66.5 Å². The van der Waals surface area contributed by atoms with E-state index in [0.717, 1.165) is 19.8 Å². The van der Waals surface area contributed by atoms with Crippen LogP contribution < -0.4 is 0 Å². The maximum atomic E-state index is 3.70. The van der Waals surface area contributed by atoms with Gasteiger partial charge in [-0.3, -0.25) is 0 Å². The van der Waals surface area contributed by atoms with Gasteiger partial charge in [-0.15, -0.1) is 6.58 Å². The van der Waals surface area contributed by atoms with E-state index in [-0.39, 0.29) is 0 Å². The Labute approximate surface area is 97.4 Å². The van der Waals surface area contributed by atoms with Crippen molar-refractivity contribution < 1.29 is 0 Å². The van der Waals surface area contributed by atoms with Crippen LogP contribution in [0.3, 0.4) is 0 Å². The summed E-state index contributed by atoms with van der Waals surface area (Å²) in [6.45, 7) is 3.70.